The lowest BCUT2D eigenvalue weighted by atomic mass is 9.84. The molecule has 1 aliphatic heterocycles. The Morgan fingerprint density at radius 1 is 0.974 bits per heavy atom. The number of carbonyl (C=O) groups excluding carboxylic acids is 3. The Balaban J connectivity index is 1.48. The molecular weight excluding hydrogens is 480 g/mol. The van der Waals surface area contributed by atoms with Crippen molar-refractivity contribution in [3.63, 3.8) is 0 Å². The van der Waals surface area contributed by atoms with E-state index >= 15 is 0 Å². The number of amides is 3. The number of hydrazone groups is 1. The van der Waals surface area contributed by atoms with Crippen LogP contribution in [-0.2, 0) is 26.4 Å². The summed E-state index contributed by atoms with van der Waals surface area (Å²) in [7, 11) is 1.40. The summed E-state index contributed by atoms with van der Waals surface area (Å²) in [6.07, 6.45) is 6.83. The number of urea groups is 1. The molecule has 3 aromatic rings. The van der Waals surface area contributed by atoms with Gasteiger partial charge in [-0.2, -0.15) is 5.10 Å². The Labute approximate surface area is 222 Å². The van der Waals surface area contributed by atoms with Crippen LogP contribution in [0.15, 0.2) is 71.8 Å². The second-order valence-corrected chi connectivity index (χ2v) is 9.66. The van der Waals surface area contributed by atoms with Crippen LogP contribution in [0.2, 0.25) is 0 Å². The number of hydrogen-bond donors (Lipinski definition) is 2. The van der Waals surface area contributed by atoms with E-state index in [0.29, 0.717) is 12.8 Å². The summed E-state index contributed by atoms with van der Waals surface area (Å²) in [5, 5.41) is 8.65. The third-order valence-electron chi connectivity index (χ3n) is 7.10. The van der Waals surface area contributed by atoms with Gasteiger partial charge < -0.3 is 15.9 Å². The highest BCUT2D eigenvalue weighted by Gasteiger charge is 2.51. The Morgan fingerprint density at radius 2 is 1.71 bits per heavy atom. The zero-order chi connectivity index (χ0) is 27.0. The lowest BCUT2D eigenvalue weighted by Gasteiger charge is -2.27. The summed E-state index contributed by atoms with van der Waals surface area (Å²) in [6, 6.07) is 20.9. The molecule has 0 radical (unpaired) electrons. The lowest BCUT2D eigenvalue weighted by molar-refractivity contribution is -0.140. The van der Waals surface area contributed by atoms with Gasteiger partial charge in [-0.25, -0.2) is 4.79 Å². The first-order chi connectivity index (χ1) is 18.5. The smallest absolute Gasteiger partial charge is 0.325 e. The molecule has 0 aliphatic carbocycles. The van der Waals surface area contributed by atoms with Gasteiger partial charge in [0.25, 0.3) is 5.91 Å². The summed E-state index contributed by atoms with van der Waals surface area (Å²) < 4.78 is 4.69. The lowest BCUT2D eigenvalue weighted by Crippen LogP contribution is -2.44. The van der Waals surface area contributed by atoms with E-state index in [1.807, 2.05) is 66.7 Å². The average Bonchev–Trinajstić information content (AvgIpc) is 3.17. The molecule has 3 N–H and O–H groups in total. The summed E-state index contributed by atoms with van der Waals surface area (Å²) >= 11 is 0. The van der Waals surface area contributed by atoms with Crippen LogP contribution in [0, 0.1) is 0 Å². The number of unbranched alkanes of at least 4 members (excludes halogenated alkanes) is 4. The molecule has 8 nitrogen and oxygen atoms in total. The van der Waals surface area contributed by atoms with Crippen LogP contribution in [0.4, 0.5) is 4.79 Å². The summed E-state index contributed by atoms with van der Waals surface area (Å²) in [5.74, 6) is 4.87. The largest absolute Gasteiger partial charge is 0.469 e. The maximum absolute atomic E-state index is 13.9. The van der Waals surface area contributed by atoms with E-state index in [1.165, 1.54) is 12.0 Å². The molecule has 0 aromatic heterocycles. The number of benzene rings is 3. The molecule has 8 heteroatoms. The second-order valence-electron chi connectivity index (χ2n) is 9.66. The first-order valence-corrected chi connectivity index (χ1v) is 13.0. The Morgan fingerprint density at radius 3 is 2.47 bits per heavy atom. The van der Waals surface area contributed by atoms with Gasteiger partial charge in [0.1, 0.15) is 5.54 Å². The number of hydrogen-bond acceptors (Lipinski definition) is 6. The first kappa shape index (κ1) is 26.9. The number of methoxy groups -OCH3 is 1. The number of imide groups is 1. The summed E-state index contributed by atoms with van der Waals surface area (Å²) in [5.41, 5.74) is 1.43. The molecular formula is C30H34N4O4. The molecule has 4 rings (SSSR count). The van der Waals surface area contributed by atoms with E-state index in [-0.39, 0.29) is 24.5 Å². The SMILES string of the molecule is COC(=O)CCCCCCCC1(c2ccccc2)NC(=O)N(Cc2ccc3ccc(C=NN)cc3c2)C1=O. The second kappa shape index (κ2) is 12.4. The molecule has 1 aliphatic rings. The fourth-order valence-electron chi connectivity index (χ4n) is 5.06. The molecule has 0 bridgehead atoms. The molecule has 1 fully saturated rings. The topological polar surface area (TPSA) is 114 Å². The van der Waals surface area contributed by atoms with Gasteiger partial charge in [-0.3, -0.25) is 14.5 Å². The van der Waals surface area contributed by atoms with Crippen LogP contribution in [0.1, 0.15) is 61.6 Å². The predicted octanol–water partition coefficient (Wildman–Crippen LogP) is 4.98. The molecule has 1 atom stereocenters. The Hall–Kier alpha value is -4.20. The van der Waals surface area contributed by atoms with Crippen molar-refractivity contribution in [3.05, 3.63) is 83.4 Å². The monoisotopic (exact) mass is 514 g/mol. The van der Waals surface area contributed by atoms with Crippen molar-refractivity contribution in [2.45, 2.75) is 57.0 Å². The third kappa shape index (κ3) is 6.02. The van der Waals surface area contributed by atoms with Gasteiger partial charge in [0.05, 0.1) is 19.9 Å². The number of carbonyl (C=O) groups is 3. The Kier molecular flexibility index (Phi) is 8.73. The van der Waals surface area contributed by atoms with Gasteiger partial charge in [-0.05, 0) is 52.4 Å². The van der Waals surface area contributed by atoms with Crippen molar-refractivity contribution >= 4 is 34.9 Å². The Bertz CT molecular complexity index is 1320. The average molecular weight is 515 g/mol. The zero-order valence-electron chi connectivity index (χ0n) is 21.7. The highest BCUT2D eigenvalue weighted by Crippen LogP contribution is 2.35. The fourth-order valence-corrected chi connectivity index (χ4v) is 5.06. The van der Waals surface area contributed by atoms with Crippen molar-refractivity contribution in [2.75, 3.05) is 7.11 Å². The minimum atomic E-state index is -1.09. The number of ether oxygens (including phenoxy) is 1. The predicted molar refractivity (Wildman–Crippen MR) is 147 cm³/mol. The van der Waals surface area contributed by atoms with Gasteiger partial charge in [0.15, 0.2) is 0 Å². The first-order valence-electron chi connectivity index (χ1n) is 13.0. The van der Waals surface area contributed by atoms with Crippen molar-refractivity contribution < 1.29 is 19.1 Å². The van der Waals surface area contributed by atoms with Gasteiger partial charge >= 0.3 is 12.0 Å². The summed E-state index contributed by atoms with van der Waals surface area (Å²) in [6.45, 7) is 0.178. The molecule has 38 heavy (non-hydrogen) atoms. The van der Waals surface area contributed by atoms with E-state index in [2.05, 4.69) is 15.2 Å². The van der Waals surface area contributed by atoms with Crippen LogP contribution in [0.5, 0.6) is 0 Å². The van der Waals surface area contributed by atoms with Crippen LogP contribution in [0.3, 0.4) is 0 Å². The third-order valence-corrected chi connectivity index (χ3v) is 7.10. The number of esters is 1. The number of nitrogens with one attached hydrogen (secondary N) is 1. The molecule has 1 saturated heterocycles. The van der Waals surface area contributed by atoms with Gasteiger partial charge in [0.2, 0.25) is 0 Å². The van der Waals surface area contributed by atoms with E-state index in [9.17, 15) is 14.4 Å². The quantitative estimate of drug-likeness (QED) is 0.0883. The highest BCUT2D eigenvalue weighted by atomic mass is 16.5. The number of nitrogens with zero attached hydrogens (tertiary/aromatic N) is 2. The normalized spacial score (nSPS) is 17.3. The van der Waals surface area contributed by atoms with Gasteiger partial charge in [-0.15, -0.1) is 0 Å². The zero-order valence-corrected chi connectivity index (χ0v) is 21.7. The molecule has 3 aromatic carbocycles. The molecule has 1 heterocycles. The molecule has 3 amide bonds. The highest BCUT2D eigenvalue weighted by molar-refractivity contribution is 6.07. The van der Waals surface area contributed by atoms with Crippen LogP contribution >= 0.6 is 0 Å². The molecule has 198 valence electrons. The van der Waals surface area contributed by atoms with Crippen molar-refractivity contribution in [3.8, 4) is 0 Å². The fraction of sp³-hybridized carbons (Fsp3) is 0.333. The summed E-state index contributed by atoms with van der Waals surface area (Å²) in [4.78, 5) is 39.7. The van der Waals surface area contributed by atoms with Gasteiger partial charge in [0, 0.05) is 6.42 Å². The van der Waals surface area contributed by atoms with E-state index < -0.39 is 5.54 Å². The van der Waals surface area contributed by atoms with Crippen LogP contribution in [-0.4, -0.2) is 36.1 Å². The standard InChI is InChI=1S/C30H34N4O4/c1-38-27(35)12-8-3-2-4-9-17-30(26-10-6-5-7-11-26)28(36)34(29(37)33-30)21-23-14-16-24-15-13-22(20-32-31)18-25(24)19-23/h5-7,10-11,13-16,18-20H,2-4,8-9,12,17,21,31H2,1H3,(H,33,37). The van der Waals surface area contributed by atoms with Gasteiger partial charge in [-0.1, -0.05) is 80.3 Å². The van der Waals surface area contributed by atoms with Crippen molar-refractivity contribution in [2.24, 2.45) is 10.9 Å². The number of fused-ring (bicyclic) bond motifs is 1. The van der Waals surface area contributed by atoms with Crippen LogP contribution < -0.4 is 11.2 Å². The van der Waals surface area contributed by atoms with Crippen molar-refractivity contribution in [1.29, 1.82) is 0 Å². The molecule has 0 spiro atoms. The van der Waals surface area contributed by atoms with E-state index in [4.69, 9.17) is 5.84 Å². The van der Waals surface area contributed by atoms with E-state index in [0.717, 1.165) is 59.6 Å². The van der Waals surface area contributed by atoms with Crippen molar-refractivity contribution in [1.82, 2.24) is 10.2 Å². The molecule has 0 saturated carbocycles. The maximum Gasteiger partial charge on any atom is 0.325 e. The number of nitrogens with two attached hydrogens (primary N) is 1. The maximum atomic E-state index is 13.9. The minimum Gasteiger partial charge on any atom is -0.469 e. The van der Waals surface area contributed by atoms with E-state index in [1.54, 1.807) is 6.21 Å². The van der Waals surface area contributed by atoms with Crippen LogP contribution in [0.25, 0.3) is 10.8 Å². The minimum absolute atomic E-state index is 0.178. The number of rotatable bonds is 12. The molecule has 1 unspecified atom stereocenters.